The lowest BCUT2D eigenvalue weighted by Gasteiger charge is -2.02. The zero-order valence-electron chi connectivity index (χ0n) is 11.3. The van der Waals surface area contributed by atoms with Crippen LogP contribution in [0.4, 0.5) is 13.2 Å². The number of alkyl halides is 3. The van der Waals surface area contributed by atoms with E-state index in [1.807, 2.05) is 12.1 Å². The maximum atomic E-state index is 12.8. The minimum atomic E-state index is -4.59. The molecular formula is C13H7F3N6S. The number of rotatable bonds is 2. The highest BCUT2D eigenvalue weighted by Gasteiger charge is 2.38. The van der Waals surface area contributed by atoms with E-state index in [-0.39, 0.29) is 4.96 Å². The summed E-state index contributed by atoms with van der Waals surface area (Å²) < 4.78 is 40.8. The van der Waals surface area contributed by atoms with Crippen LogP contribution in [0.2, 0.25) is 0 Å². The Hall–Kier alpha value is -2.75. The molecule has 23 heavy (non-hydrogen) atoms. The molecule has 0 aliphatic rings. The van der Waals surface area contributed by atoms with Gasteiger partial charge in [0.2, 0.25) is 4.96 Å². The van der Waals surface area contributed by atoms with Crippen LogP contribution in [0.25, 0.3) is 21.2 Å². The lowest BCUT2D eigenvalue weighted by Crippen LogP contribution is -2.11. The molecule has 0 fully saturated rings. The third-order valence-electron chi connectivity index (χ3n) is 3.13. The van der Waals surface area contributed by atoms with Crippen LogP contribution in [0.1, 0.15) is 5.82 Å². The topological polar surface area (TPSA) is 60.9 Å². The summed E-state index contributed by atoms with van der Waals surface area (Å²) in [5.74, 6) is -1.12. The molecule has 3 heterocycles. The van der Waals surface area contributed by atoms with Gasteiger partial charge in [-0.1, -0.05) is 11.3 Å². The Balaban J connectivity index is 1.73. The Kier molecular flexibility index (Phi) is 2.94. The lowest BCUT2D eigenvalue weighted by atomic mass is 10.2. The third kappa shape index (κ3) is 2.36. The molecule has 4 rings (SSSR count). The van der Waals surface area contributed by atoms with E-state index >= 15 is 0 Å². The number of hydrogen-bond donors (Lipinski definition) is 0. The average molecular weight is 336 g/mol. The van der Waals surface area contributed by atoms with Crippen LogP contribution in [0, 0.1) is 0 Å². The third-order valence-corrected chi connectivity index (χ3v) is 4.08. The average Bonchev–Trinajstić information content (AvgIpc) is 3.22. The van der Waals surface area contributed by atoms with Crippen molar-refractivity contribution in [3.63, 3.8) is 0 Å². The van der Waals surface area contributed by atoms with Crippen molar-refractivity contribution in [2.75, 3.05) is 0 Å². The van der Waals surface area contributed by atoms with Crippen LogP contribution in [0.3, 0.4) is 0 Å². The molecule has 0 bridgehead atoms. The molecule has 0 atom stereocenters. The lowest BCUT2D eigenvalue weighted by molar-refractivity contribution is -0.146. The van der Waals surface area contributed by atoms with Gasteiger partial charge in [-0.3, -0.25) is 0 Å². The molecule has 0 saturated carbocycles. The Morgan fingerprint density at radius 3 is 2.48 bits per heavy atom. The minimum absolute atomic E-state index is 0.100. The largest absolute Gasteiger partial charge is 0.453 e. The number of aromatic nitrogens is 6. The van der Waals surface area contributed by atoms with Crippen LogP contribution in [-0.4, -0.2) is 29.6 Å². The number of benzene rings is 1. The molecule has 0 spiro atoms. The molecule has 0 saturated heterocycles. The van der Waals surface area contributed by atoms with Gasteiger partial charge in [-0.15, -0.1) is 10.2 Å². The smallest absolute Gasteiger partial charge is 0.241 e. The van der Waals surface area contributed by atoms with Crippen LogP contribution >= 0.6 is 11.3 Å². The fourth-order valence-corrected chi connectivity index (χ4v) is 2.93. The van der Waals surface area contributed by atoms with Gasteiger partial charge in [-0.2, -0.15) is 27.9 Å². The molecule has 4 aromatic rings. The molecule has 3 aromatic heterocycles. The van der Waals surface area contributed by atoms with E-state index in [2.05, 4.69) is 20.4 Å². The molecular weight excluding hydrogens is 329 g/mol. The van der Waals surface area contributed by atoms with Crippen LogP contribution in [-0.2, 0) is 6.18 Å². The first-order valence-electron chi connectivity index (χ1n) is 6.42. The molecule has 1 aromatic carbocycles. The first kappa shape index (κ1) is 13.9. The zero-order chi connectivity index (χ0) is 16.0. The molecule has 0 aliphatic carbocycles. The second kappa shape index (κ2) is 4.88. The van der Waals surface area contributed by atoms with E-state index < -0.39 is 12.0 Å². The van der Waals surface area contributed by atoms with Crippen molar-refractivity contribution in [3.8, 4) is 16.3 Å². The van der Waals surface area contributed by atoms with E-state index in [4.69, 9.17) is 0 Å². The number of fused-ring (bicyclic) bond motifs is 1. The molecule has 0 aliphatic heterocycles. The number of hydrogen-bond acceptors (Lipinski definition) is 5. The summed E-state index contributed by atoms with van der Waals surface area (Å²) in [6, 6.07) is 8.98. The van der Waals surface area contributed by atoms with Crippen molar-refractivity contribution in [2.45, 2.75) is 6.18 Å². The number of halogens is 3. The van der Waals surface area contributed by atoms with Crippen molar-refractivity contribution in [1.29, 1.82) is 0 Å². The molecule has 0 radical (unpaired) electrons. The van der Waals surface area contributed by atoms with E-state index in [1.54, 1.807) is 35.3 Å². The van der Waals surface area contributed by atoms with Gasteiger partial charge < -0.3 is 0 Å². The highest BCUT2D eigenvalue weighted by Crippen LogP contribution is 2.31. The fourth-order valence-electron chi connectivity index (χ4n) is 2.09. The summed E-state index contributed by atoms with van der Waals surface area (Å²) in [6.07, 6.45) is -1.13. The summed E-state index contributed by atoms with van der Waals surface area (Å²) >= 11 is 1.05. The van der Waals surface area contributed by atoms with E-state index in [0.717, 1.165) is 21.5 Å². The minimum Gasteiger partial charge on any atom is -0.241 e. The normalized spacial score (nSPS) is 12.1. The SMILES string of the molecule is FC(F)(F)c1nnc2sc(-c3ccc(-n4cccn4)cc3)nn12. The van der Waals surface area contributed by atoms with Gasteiger partial charge in [0.25, 0.3) is 5.82 Å². The number of nitrogens with zero attached hydrogens (tertiary/aromatic N) is 6. The monoisotopic (exact) mass is 336 g/mol. The van der Waals surface area contributed by atoms with Gasteiger partial charge in [0.05, 0.1) is 5.69 Å². The molecule has 0 amide bonds. The molecule has 10 heteroatoms. The molecule has 0 N–H and O–H groups in total. The second-order valence-electron chi connectivity index (χ2n) is 4.62. The summed E-state index contributed by atoms with van der Waals surface area (Å²) in [4.78, 5) is 0.100. The Morgan fingerprint density at radius 1 is 1.04 bits per heavy atom. The van der Waals surface area contributed by atoms with Gasteiger partial charge in [-0.05, 0) is 30.3 Å². The predicted octanol–water partition coefficient (Wildman–Crippen LogP) is 3.06. The Bertz CT molecular complexity index is 952. The van der Waals surface area contributed by atoms with Crippen molar-refractivity contribution in [2.24, 2.45) is 0 Å². The van der Waals surface area contributed by atoms with Crippen molar-refractivity contribution in [1.82, 2.24) is 29.6 Å². The maximum Gasteiger partial charge on any atom is 0.453 e. The fraction of sp³-hybridized carbons (Fsp3) is 0.0769. The first-order valence-corrected chi connectivity index (χ1v) is 7.24. The summed E-state index contributed by atoms with van der Waals surface area (Å²) in [5.41, 5.74) is 1.54. The van der Waals surface area contributed by atoms with E-state index in [0.29, 0.717) is 10.6 Å². The second-order valence-corrected chi connectivity index (χ2v) is 5.58. The first-order chi connectivity index (χ1) is 11.0. The maximum absolute atomic E-state index is 12.8. The molecule has 0 unspecified atom stereocenters. The van der Waals surface area contributed by atoms with Crippen LogP contribution in [0.5, 0.6) is 0 Å². The van der Waals surface area contributed by atoms with Gasteiger partial charge in [0.15, 0.2) is 0 Å². The highest BCUT2D eigenvalue weighted by atomic mass is 32.1. The standard InChI is InChI=1S/C13H7F3N6S/c14-13(15,16)11-18-19-12-22(11)20-10(23-12)8-2-4-9(5-3-8)21-7-1-6-17-21/h1-7H. The van der Waals surface area contributed by atoms with Crippen molar-refractivity contribution < 1.29 is 13.2 Å². The van der Waals surface area contributed by atoms with Gasteiger partial charge in [0.1, 0.15) is 5.01 Å². The molecule has 116 valence electrons. The van der Waals surface area contributed by atoms with Crippen molar-refractivity contribution >= 4 is 16.3 Å². The Labute approximate surface area is 130 Å². The predicted molar refractivity (Wildman–Crippen MR) is 76.2 cm³/mol. The summed E-state index contributed by atoms with van der Waals surface area (Å²) in [6.45, 7) is 0. The van der Waals surface area contributed by atoms with E-state index in [1.165, 1.54) is 0 Å². The van der Waals surface area contributed by atoms with Crippen LogP contribution in [0.15, 0.2) is 42.7 Å². The van der Waals surface area contributed by atoms with Gasteiger partial charge >= 0.3 is 6.18 Å². The van der Waals surface area contributed by atoms with E-state index in [9.17, 15) is 13.2 Å². The van der Waals surface area contributed by atoms with Gasteiger partial charge in [-0.25, -0.2) is 4.68 Å². The zero-order valence-corrected chi connectivity index (χ0v) is 12.1. The summed E-state index contributed by atoms with van der Waals surface area (Å²) in [5, 5.41) is 15.2. The Morgan fingerprint density at radius 2 is 1.83 bits per heavy atom. The highest BCUT2D eigenvalue weighted by molar-refractivity contribution is 7.19. The van der Waals surface area contributed by atoms with Crippen molar-refractivity contribution in [3.05, 3.63) is 48.5 Å². The van der Waals surface area contributed by atoms with Crippen LogP contribution < -0.4 is 0 Å². The quantitative estimate of drug-likeness (QED) is 0.564. The molecule has 6 nitrogen and oxygen atoms in total. The summed E-state index contributed by atoms with van der Waals surface area (Å²) in [7, 11) is 0. The van der Waals surface area contributed by atoms with Gasteiger partial charge in [0, 0.05) is 18.0 Å².